The molecule has 0 radical (unpaired) electrons. The van der Waals surface area contributed by atoms with Crippen LogP contribution in [0.25, 0.3) is 0 Å². The summed E-state index contributed by atoms with van der Waals surface area (Å²) in [5, 5.41) is 3.01. The molecule has 0 fully saturated rings. The maximum absolute atomic E-state index is 12.7. The van der Waals surface area contributed by atoms with E-state index in [4.69, 9.17) is 16.2 Å². The number of carbonyl (C=O) groups is 2. The minimum atomic E-state index is -0.569. The van der Waals surface area contributed by atoms with E-state index >= 15 is 0 Å². The van der Waals surface area contributed by atoms with Gasteiger partial charge < -0.3 is 21.5 Å². The number of hydrogen-bond acceptors (Lipinski definition) is 4. The van der Waals surface area contributed by atoms with Crippen molar-refractivity contribution in [2.45, 2.75) is 31.9 Å². The second-order valence-electron chi connectivity index (χ2n) is 6.83. The molecule has 1 unspecified atom stereocenters. The van der Waals surface area contributed by atoms with Gasteiger partial charge in [0, 0.05) is 28.8 Å². The number of ether oxygens (including phenoxy) is 1. The van der Waals surface area contributed by atoms with Crippen molar-refractivity contribution in [3.05, 3.63) is 59.2 Å². The monoisotopic (exact) mass is 375 g/mol. The highest BCUT2D eigenvalue weighted by Gasteiger charge is 2.34. The Balaban J connectivity index is 0.00000243. The van der Waals surface area contributed by atoms with Crippen molar-refractivity contribution in [3.63, 3.8) is 0 Å². The molecule has 26 heavy (non-hydrogen) atoms. The Hall–Kier alpha value is -2.73. The van der Waals surface area contributed by atoms with Crippen molar-refractivity contribution in [3.8, 4) is 5.75 Å². The fraction of sp³-hybridized carbons (Fsp3) is 0.263. The first-order chi connectivity index (χ1) is 11.7. The predicted octanol–water partition coefficient (Wildman–Crippen LogP) is 2.82. The summed E-state index contributed by atoms with van der Waals surface area (Å²) in [7, 11) is 0. The van der Waals surface area contributed by atoms with Crippen LogP contribution in [0.3, 0.4) is 0 Å². The van der Waals surface area contributed by atoms with Gasteiger partial charge in [-0.05, 0) is 50.2 Å². The number of nitrogen functional groups attached to an aromatic ring is 1. The molecule has 7 heteroatoms. The number of nitrogens with one attached hydrogen (secondary N) is 1. The zero-order chi connectivity index (χ0) is 18.2. The van der Waals surface area contributed by atoms with Gasteiger partial charge in [0.25, 0.3) is 5.91 Å². The Bertz CT molecular complexity index is 852. The van der Waals surface area contributed by atoms with Crippen LogP contribution < -0.4 is 21.5 Å². The Morgan fingerprint density at radius 2 is 1.85 bits per heavy atom. The number of rotatable bonds is 3. The topological polar surface area (TPSA) is 107 Å². The summed E-state index contributed by atoms with van der Waals surface area (Å²) in [6, 6.07) is 11.5. The first kappa shape index (κ1) is 19.6. The number of benzene rings is 2. The van der Waals surface area contributed by atoms with Crippen LogP contribution in [0, 0.1) is 0 Å². The van der Waals surface area contributed by atoms with Gasteiger partial charge in [0.2, 0.25) is 5.91 Å². The summed E-state index contributed by atoms with van der Waals surface area (Å²) in [6.07, 6.45) is 0.602. The maximum atomic E-state index is 12.7. The molecule has 0 bridgehead atoms. The summed E-state index contributed by atoms with van der Waals surface area (Å²) in [6.45, 7) is 3.94. The van der Waals surface area contributed by atoms with E-state index in [2.05, 4.69) is 5.32 Å². The second kappa shape index (κ2) is 7.25. The molecule has 0 aliphatic carbocycles. The van der Waals surface area contributed by atoms with Crippen molar-refractivity contribution < 1.29 is 14.3 Å². The molecule has 5 N–H and O–H groups in total. The average Bonchev–Trinajstić information content (AvgIpc) is 2.55. The van der Waals surface area contributed by atoms with Crippen LogP contribution in [0.1, 0.15) is 52.6 Å². The quantitative estimate of drug-likeness (QED) is 0.717. The van der Waals surface area contributed by atoms with Crippen molar-refractivity contribution in [2.75, 3.05) is 5.73 Å². The van der Waals surface area contributed by atoms with E-state index in [0.717, 1.165) is 5.56 Å². The van der Waals surface area contributed by atoms with Gasteiger partial charge in [-0.3, -0.25) is 9.59 Å². The van der Waals surface area contributed by atoms with E-state index in [0.29, 0.717) is 29.0 Å². The summed E-state index contributed by atoms with van der Waals surface area (Å²) >= 11 is 0. The van der Waals surface area contributed by atoms with Gasteiger partial charge in [-0.15, -0.1) is 12.4 Å². The van der Waals surface area contributed by atoms with Crippen LogP contribution in [0.5, 0.6) is 5.75 Å². The predicted molar refractivity (Wildman–Crippen MR) is 103 cm³/mol. The van der Waals surface area contributed by atoms with Gasteiger partial charge >= 0.3 is 0 Å². The average molecular weight is 376 g/mol. The first-order valence-corrected chi connectivity index (χ1v) is 8.04. The van der Waals surface area contributed by atoms with Crippen molar-refractivity contribution in [2.24, 2.45) is 5.73 Å². The van der Waals surface area contributed by atoms with E-state index in [-0.39, 0.29) is 24.4 Å². The molecule has 1 heterocycles. The summed E-state index contributed by atoms with van der Waals surface area (Å²) < 4.78 is 5.97. The minimum Gasteiger partial charge on any atom is -0.487 e. The highest BCUT2D eigenvalue weighted by atomic mass is 35.5. The molecular weight excluding hydrogens is 354 g/mol. The summed E-state index contributed by atoms with van der Waals surface area (Å²) in [4.78, 5) is 24.0. The maximum Gasteiger partial charge on any atom is 0.251 e. The Labute approximate surface area is 158 Å². The van der Waals surface area contributed by atoms with Crippen LogP contribution in [0.2, 0.25) is 0 Å². The number of nitrogens with two attached hydrogens (primary N) is 2. The lowest BCUT2D eigenvalue weighted by Crippen LogP contribution is -2.41. The highest BCUT2D eigenvalue weighted by molar-refractivity contribution is 5.99. The van der Waals surface area contributed by atoms with E-state index in [1.165, 1.54) is 6.07 Å². The zero-order valence-corrected chi connectivity index (χ0v) is 15.4. The van der Waals surface area contributed by atoms with Gasteiger partial charge in [0.15, 0.2) is 0 Å². The lowest BCUT2D eigenvalue weighted by molar-refractivity contribution is 0.0620. The van der Waals surface area contributed by atoms with Crippen molar-refractivity contribution in [1.29, 1.82) is 0 Å². The fourth-order valence-corrected chi connectivity index (χ4v) is 3.06. The number of fused-ring (bicyclic) bond motifs is 1. The van der Waals surface area contributed by atoms with Gasteiger partial charge in [0.05, 0.1) is 6.04 Å². The molecule has 1 atom stereocenters. The van der Waals surface area contributed by atoms with Crippen LogP contribution >= 0.6 is 12.4 Å². The van der Waals surface area contributed by atoms with Crippen LogP contribution in [-0.2, 0) is 0 Å². The molecule has 0 spiro atoms. The number of primary amides is 1. The van der Waals surface area contributed by atoms with E-state index in [1.807, 2.05) is 26.0 Å². The molecule has 138 valence electrons. The molecule has 2 aromatic rings. The fourth-order valence-electron chi connectivity index (χ4n) is 3.06. The van der Waals surface area contributed by atoms with Crippen LogP contribution in [0.15, 0.2) is 42.5 Å². The molecule has 1 aliphatic rings. The number of hydrogen-bond donors (Lipinski definition) is 3. The molecule has 2 amide bonds. The Morgan fingerprint density at radius 3 is 2.54 bits per heavy atom. The number of halogens is 1. The van der Waals surface area contributed by atoms with Crippen LogP contribution in [-0.4, -0.2) is 17.4 Å². The van der Waals surface area contributed by atoms with E-state index in [9.17, 15) is 9.59 Å². The smallest absolute Gasteiger partial charge is 0.251 e. The van der Waals surface area contributed by atoms with Gasteiger partial charge in [-0.25, -0.2) is 0 Å². The van der Waals surface area contributed by atoms with E-state index < -0.39 is 11.5 Å². The third-order valence-corrected chi connectivity index (χ3v) is 4.21. The van der Waals surface area contributed by atoms with Crippen molar-refractivity contribution in [1.82, 2.24) is 5.32 Å². The standard InChI is InChI=1S/C19H21N3O3.ClH/c1-19(2)10-15(14-9-13(20)6-7-16(14)25-19)22-18(24)12-5-3-4-11(8-12)17(21)23;/h3-9,15H,10,20H2,1-2H3,(H2,21,23)(H,22,24);1H. The molecule has 0 saturated heterocycles. The SMILES string of the molecule is CC1(C)CC(NC(=O)c2cccc(C(N)=O)c2)c2cc(N)ccc2O1.Cl. The minimum absolute atomic E-state index is 0. The van der Waals surface area contributed by atoms with Gasteiger partial charge in [-0.1, -0.05) is 6.07 Å². The largest absolute Gasteiger partial charge is 0.487 e. The number of amides is 2. The highest BCUT2D eigenvalue weighted by Crippen LogP contribution is 2.40. The summed E-state index contributed by atoms with van der Waals surface area (Å²) in [5.41, 5.74) is 12.9. The Morgan fingerprint density at radius 1 is 1.15 bits per heavy atom. The normalized spacial score (nSPS) is 17.2. The van der Waals surface area contributed by atoms with Gasteiger partial charge in [-0.2, -0.15) is 0 Å². The lowest BCUT2D eigenvalue weighted by atomic mass is 9.89. The molecule has 3 rings (SSSR count). The molecular formula is C19H22ClN3O3. The summed E-state index contributed by atoms with van der Waals surface area (Å²) in [5.74, 6) is -0.138. The Kier molecular flexibility index (Phi) is 5.47. The van der Waals surface area contributed by atoms with Crippen molar-refractivity contribution >= 4 is 29.9 Å². The van der Waals surface area contributed by atoms with E-state index in [1.54, 1.807) is 24.3 Å². The molecule has 6 nitrogen and oxygen atoms in total. The molecule has 0 aromatic heterocycles. The van der Waals surface area contributed by atoms with Gasteiger partial charge in [0.1, 0.15) is 11.4 Å². The number of carbonyl (C=O) groups excluding carboxylic acids is 2. The molecule has 1 aliphatic heterocycles. The molecule has 0 saturated carbocycles. The van der Waals surface area contributed by atoms with Crippen LogP contribution in [0.4, 0.5) is 5.69 Å². The third-order valence-electron chi connectivity index (χ3n) is 4.21. The zero-order valence-electron chi connectivity index (χ0n) is 14.6. The first-order valence-electron chi connectivity index (χ1n) is 8.04. The lowest BCUT2D eigenvalue weighted by Gasteiger charge is -2.38. The molecule has 2 aromatic carbocycles. The second-order valence-corrected chi connectivity index (χ2v) is 6.83. The third kappa shape index (κ3) is 4.08. The number of anilines is 1.